The molecule has 4 heterocycles. The Morgan fingerprint density at radius 3 is 2.73 bits per heavy atom. The van der Waals surface area contributed by atoms with Gasteiger partial charge in [-0.3, -0.25) is 4.68 Å². The second kappa shape index (κ2) is 8.38. The highest BCUT2D eigenvalue weighted by Gasteiger charge is 2.22. The van der Waals surface area contributed by atoms with E-state index in [-0.39, 0.29) is 6.10 Å². The van der Waals surface area contributed by atoms with Gasteiger partial charge in [-0.05, 0) is 36.6 Å². The third kappa shape index (κ3) is 3.77. The normalized spacial score (nSPS) is 17.1. The zero-order chi connectivity index (χ0) is 22.2. The highest BCUT2D eigenvalue weighted by atomic mass is 16.6. The van der Waals surface area contributed by atoms with Gasteiger partial charge in [0.15, 0.2) is 0 Å². The van der Waals surface area contributed by atoms with Gasteiger partial charge in [0.1, 0.15) is 23.6 Å². The Bertz CT molecular complexity index is 1340. The van der Waals surface area contributed by atoms with Crippen LogP contribution in [0.15, 0.2) is 49.1 Å². The molecule has 2 fully saturated rings. The summed E-state index contributed by atoms with van der Waals surface area (Å²) >= 11 is 0. The number of H-pyrrole nitrogens is 1. The van der Waals surface area contributed by atoms with Gasteiger partial charge in [0.25, 0.3) is 0 Å². The van der Waals surface area contributed by atoms with Crippen LogP contribution in [-0.4, -0.2) is 39.1 Å². The minimum absolute atomic E-state index is 0.0253. The van der Waals surface area contributed by atoms with Gasteiger partial charge in [0.05, 0.1) is 31.0 Å². The third-order valence-corrected chi connectivity index (χ3v) is 6.73. The second-order valence-corrected chi connectivity index (χ2v) is 8.92. The molecular weight excluding hydrogens is 414 g/mol. The van der Waals surface area contributed by atoms with Crippen molar-refractivity contribution in [3.05, 3.63) is 54.6 Å². The molecule has 0 bridgehead atoms. The molecule has 1 saturated heterocycles. The van der Waals surface area contributed by atoms with E-state index in [4.69, 9.17) is 9.47 Å². The molecule has 1 aliphatic heterocycles. The SMILES string of the molecule is N#Cc1cc(-c2c[nH]c3ncc(-c4cnn(C5CCCCC5)c4)cc23)ccc1OC1COC1. The minimum Gasteiger partial charge on any atom is -0.484 e. The number of ether oxygens (including phenoxy) is 2. The maximum Gasteiger partial charge on any atom is 0.145 e. The van der Waals surface area contributed by atoms with Gasteiger partial charge in [-0.15, -0.1) is 0 Å². The molecule has 1 N–H and O–H groups in total. The number of aromatic amines is 1. The van der Waals surface area contributed by atoms with Crippen molar-refractivity contribution in [3.63, 3.8) is 0 Å². The molecule has 0 unspecified atom stereocenters. The van der Waals surface area contributed by atoms with E-state index in [1.54, 1.807) is 0 Å². The maximum atomic E-state index is 9.67. The van der Waals surface area contributed by atoms with Gasteiger partial charge < -0.3 is 14.5 Å². The van der Waals surface area contributed by atoms with Crippen molar-refractivity contribution in [2.45, 2.75) is 44.2 Å². The van der Waals surface area contributed by atoms with E-state index in [2.05, 4.69) is 38.1 Å². The lowest BCUT2D eigenvalue weighted by Crippen LogP contribution is -2.38. The molecule has 166 valence electrons. The van der Waals surface area contributed by atoms with Crippen molar-refractivity contribution in [1.82, 2.24) is 19.7 Å². The Balaban J connectivity index is 1.33. The summed E-state index contributed by atoms with van der Waals surface area (Å²) in [6.45, 7) is 1.14. The summed E-state index contributed by atoms with van der Waals surface area (Å²) in [4.78, 5) is 7.91. The molecule has 0 amide bonds. The van der Waals surface area contributed by atoms with Crippen LogP contribution >= 0.6 is 0 Å². The van der Waals surface area contributed by atoms with Crippen LogP contribution in [0.5, 0.6) is 5.75 Å². The van der Waals surface area contributed by atoms with E-state index in [1.165, 1.54) is 32.1 Å². The van der Waals surface area contributed by atoms with E-state index in [0.717, 1.165) is 33.3 Å². The van der Waals surface area contributed by atoms with Crippen molar-refractivity contribution in [2.75, 3.05) is 13.2 Å². The number of nitrogens with zero attached hydrogens (tertiary/aromatic N) is 4. The molecule has 1 aliphatic carbocycles. The maximum absolute atomic E-state index is 9.67. The number of hydrogen-bond acceptors (Lipinski definition) is 5. The van der Waals surface area contributed by atoms with Crippen molar-refractivity contribution >= 4 is 11.0 Å². The standard InChI is InChI=1S/C26H25N5O2/c27-10-18-8-17(6-7-25(18)33-22-15-32-16-22)24-13-29-26-23(24)9-19(11-28-26)20-12-30-31(14-20)21-4-2-1-3-5-21/h6-9,11-14,21-22H,1-5,15-16H2,(H,28,29). The van der Waals surface area contributed by atoms with Crippen molar-refractivity contribution in [1.29, 1.82) is 5.26 Å². The smallest absolute Gasteiger partial charge is 0.145 e. The summed E-state index contributed by atoms with van der Waals surface area (Å²) in [6, 6.07) is 10.7. The molecule has 0 atom stereocenters. The minimum atomic E-state index is 0.0253. The van der Waals surface area contributed by atoms with E-state index in [0.29, 0.717) is 30.6 Å². The number of nitriles is 1. The second-order valence-electron chi connectivity index (χ2n) is 8.92. The summed E-state index contributed by atoms with van der Waals surface area (Å²) in [6.07, 6.45) is 14.3. The van der Waals surface area contributed by atoms with Crippen LogP contribution in [0.1, 0.15) is 43.7 Å². The first-order valence-corrected chi connectivity index (χ1v) is 11.6. The van der Waals surface area contributed by atoms with Crippen molar-refractivity contribution in [2.24, 2.45) is 0 Å². The number of nitrogens with one attached hydrogen (secondary N) is 1. The van der Waals surface area contributed by atoms with Gasteiger partial charge in [-0.2, -0.15) is 10.4 Å². The molecule has 1 aromatic carbocycles. The van der Waals surface area contributed by atoms with E-state index < -0.39 is 0 Å². The zero-order valence-corrected chi connectivity index (χ0v) is 18.3. The lowest BCUT2D eigenvalue weighted by atomic mass is 9.96. The molecule has 2 aliphatic rings. The fourth-order valence-electron chi connectivity index (χ4n) is 4.78. The number of rotatable bonds is 5. The number of benzene rings is 1. The Kier molecular flexibility index (Phi) is 5.08. The van der Waals surface area contributed by atoms with E-state index >= 15 is 0 Å². The summed E-state index contributed by atoms with van der Waals surface area (Å²) in [7, 11) is 0. The predicted molar refractivity (Wildman–Crippen MR) is 125 cm³/mol. The van der Waals surface area contributed by atoms with E-state index in [1.807, 2.05) is 36.8 Å². The molecule has 0 radical (unpaired) electrons. The van der Waals surface area contributed by atoms with Crippen molar-refractivity contribution < 1.29 is 9.47 Å². The van der Waals surface area contributed by atoms with Crippen LogP contribution < -0.4 is 4.74 Å². The molecule has 0 spiro atoms. The number of hydrogen-bond donors (Lipinski definition) is 1. The average molecular weight is 440 g/mol. The Morgan fingerprint density at radius 2 is 1.94 bits per heavy atom. The van der Waals surface area contributed by atoms with Crippen LogP contribution in [-0.2, 0) is 4.74 Å². The first kappa shape index (κ1) is 20.0. The molecule has 7 nitrogen and oxygen atoms in total. The molecular formula is C26H25N5O2. The van der Waals surface area contributed by atoms with Crippen LogP contribution in [0, 0.1) is 11.3 Å². The highest BCUT2D eigenvalue weighted by molar-refractivity contribution is 5.96. The van der Waals surface area contributed by atoms with Crippen molar-refractivity contribution in [3.8, 4) is 34.1 Å². The highest BCUT2D eigenvalue weighted by Crippen LogP contribution is 2.34. The first-order chi connectivity index (χ1) is 16.3. The van der Waals surface area contributed by atoms with Crippen LogP contribution in [0.2, 0.25) is 0 Å². The zero-order valence-electron chi connectivity index (χ0n) is 18.3. The lowest BCUT2D eigenvalue weighted by molar-refractivity contribution is -0.0797. The predicted octanol–water partition coefficient (Wildman–Crippen LogP) is 5.25. The average Bonchev–Trinajstić information content (AvgIpc) is 3.49. The summed E-state index contributed by atoms with van der Waals surface area (Å²) in [5.41, 5.74) is 5.41. The fourth-order valence-corrected chi connectivity index (χ4v) is 4.78. The molecule has 3 aromatic heterocycles. The topological polar surface area (TPSA) is 88.8 Å². The number of fused-ring (bicyclic) bond motifs is 1. The molecule has 4 aromatic rings. The molecule has 6 rings (SSSR count). The quantitative estimate of drug-likeness (QED) is 0.459. The van der Waals surface area contributed by atoms with Gasteiger partial charge >= 0.3 is 0 Å². The summed E-state index contributed by atoms with van der Waals surface area (Å²) < 4.78 is 13.2. The monoisotopic (exact) mass is 439 g/mol. The van der Waals surface area contributed by atoms with Gasteiger partial charge in [-0.1, -0.05) is 25.3 Å². The van der Waals surface area contributed by atoms with Crippen LogP contribution in [0.3, 0.4) is 0 Å². The molecule has 33 heavy (non-hydrogen) atoms. The molecule has 1 saturated carbocycles. The van der Waals surface area contributed by atoms with Crippen LogP contribution in [0.4, 0.5) is 0 Å². The Morgan fingerprint density at radius 1 is 1.06 bits per heavy atom. The van der Waals surface area contributed by atoms with E-state index in [9.17, 15) is 5.26 Å². The van der Waals surface area contributed by atoms with Gasteiger partial charge in [0, 0.05) is 40.7 Å². The van der Waals surface area contributed by atoms with Gasteiger partial charge in [-0.25, -0.2) is 4.98 Å². The Hall–Kier alpha value is -3.63. The van der Waals surface area contributed by atoms with Crippen LogP contribution in [0.25, 0.3) is 33.3 Å². The lowest BCUT2D eigenvalue weighted by Gasteiger charge is -2.27. The number of aromatic nitrogens is 4. The first-order valence-electron chi connectivity index (χ1n) is 11.6. The largest absolute Gasteiger partial charge is 0.484 e. The molecule has 7 heteroatoms. The Labute approximate surface area is 192 Å². The van der Waals surface area contributed by atoms with Gasteiger partial charge in [0.2, 0.25) is 0 Å². The summed E-state index contributed by atoms with van der Waals surface area (Å²) in [5, 5.41) is 15.3. The third-order valence-electron chi connectivity index (χ3n) is 6.73. The summed E-state index contributed by atoms with van der Waals surface area (Å²) in [5.74, 6) is 0.600. The fraction of sp³-hybridized carbons (Fsp3) is 0.346. The number of pyridine rings is 1.